The minimum atomic E-state index is -0.134. The lowest BCUT2D eigenvalue weighted by molar-refractivity contribution is 0.266. The number of hydrogen-bond acceptors (Lipinski definition) is 5. The summed E-state index contributed by atoms with van der Waals surface area (Å²) < 4.78 is 5.50. The molecule has 4 nitrogen and oxygen atoms in total. The van der Waals surface area contributed by atoms with Crippen molar-refractivity contribution in [3.8, 4) is 0 Å². The molecule has 1 atom stereocenters. The van der Waals surface area contributed by atoms with Gasteiger partial charge in [-0.2, -0.15) is 16.7 Å². The van der Waals surface area contributed by atoms with Crippen molar-refractivity contribution in [3.05, 3.63) is 11.7 Å². The Morgan fingerprint density at radius 3 is 2.72 bits per heavy atom. The minimum absolute atomic E-state index is 0.134. The van der Waals surface area contributed by atoms with Crippen LogP contribution in [0.5, 0.6) is 0 Å². The monoisotopic (exact) mass is 269 g/mol. The summed E-state index contributed by atoms with van der Waals surface area (Å²) in [4.78, 5) is 4.64. The normalized spacial score (nSPS) is 21.2. The molecule has 18 heavy (non-hydrogen) atoms. The largest absolute Gasteiger partial charge is 0.339 e. The Morgan fingerprint density at radius 1 is 1.39 bits per heavy atom. The third-order valence-electron chi connectivity index (χ3n) is 4.11. The fraction of sp³-hybridized carbons (Fsp3) is 0.846. The fourth-order valence-corrected chi connectivity index (χ4v) is 3.69. The summed E-state index contributed by atoms with van der Waals surface area (Å²) in [6.45, 7) is 4.84. The van der Waals surface area contributed by atoms with E-state index in [1.807, 2.05) is 11.8 Å². The highest BCUT2D eigenvalue weighted by Crippen LogP contribution is 2.38. The first-order valence-corrected chi connectivity index (χ1v) is 7.96. The summed E-state index contributed by atoms with van der Waals surface area (Å²) in [5.74, 6) is 2.81. The average Bonchev–Trinajstić information content (AvgIpc) is 2.93. The van der Waals surface area contributed by atoms with Crippen molar-refractivity contribution in [3.63, 3.8) is 0 Å². The van der Waals surface area contributed by atoms with E-state index in [1.165, 1.54) is 18.6 Å². The lowest BCUT2D eigenvalue weighted by Crippen LogP contribution is -2.34. The molecular formula is C13H23N3OS. The molecule has 0 aliphatic carbocycles. The molecule has 102 valence electrons. The second-order valence-electron chi connectivity index (χ2n) is 5.00. The molecule has 2 rings (SSSR count). The molecular weight excluding hydrogens is 246 g/mol. The van der Waals surface area contributed by atoms with E-state index in [9.17, 15) is 0 Å². The lowest BCUT2D eigenvalue weighted by Gasteiger charge is -2.25. The van der Waals surface area contributed by atoms with E-state index in [1.54, 1.807) is 0 Å². The molecule has 1 fully saturated rings. The molecule has 0 radical (unpaired) electrons. The standard InChI is InChI=1S/C13H23N3OS/c1-3-13(4-2,9-14)12-15-11(16-17-12)10-7-5-6-8-18-10/h10H,3-9,14H2,1-2H3. The van der Waals surface area contributed by atoms with E-state index in [0.717, 1.165) is 31.0 Å². The number of nitrogens with zero attached hydrogens (tertiary/aromatic N) is 2. The maximum atomic E-state index is 5.92. The van der Waals surface area contributed by atoms with Crippen LogP contribution in [0.3, 0.4) is 0 Å². The van der Waals surface area contributed by atoms with Crippen LogP contribution >= 0.6 is 11.8 Å². The summed E-state index contributed by atoms with van der Waals surface area (Å²) in [7, 11) is 0. The minimum Gasteiger partial charge on any atom is -0.339 e. The molecule has 1 aliphatic heterocycles. The van der Waals surface area contributed by atoms with E-state index in [-0.39, 0.29) is 5.41 Å². The van der Waals surface area contributed by atoms with E-state index in [2.05, 4.69) is 24.0 Å². The SMILES string of the molecule is CCC(CC)(CN)c1nc(C2CCCCS2)no1. The second-order valence-corrected chi connectivity index (χ2v) is 6.32. The number of nitrogens with two attached hydrogens (primary N) is 1. The van der Waals surface area contributed by atoms with Gasteiger partial charge in [-0.1, -0.05) is 25.4 Å². The van der Waals surface area contributed by atoms with Gasteiger partial charge in [0.25, 0.3) is 0 Å². The number of thioether (sulfide) groups is 1. The maximum absolute atomic E-state index is 5.92. The number of hydrogen-bond donors (Lipinski definition) is 1. The first-order chi connectivity index (χ1) is 8.75. The van der Waals surface area contributed by atoms with E-state index >= 15 is 0 Å². The van der Waals surface area contributed by atoms with Gasteiger partial charge in [-0.25, -0.2) is 0 Å². The van der Waals surface area contributed by atoms with Crippen LogP contribution in [0.25, 0.3) is 0 Å². The van der Waals surface area contributed by atoms with Crippen LogP contribution < -0.4 is 5.73 Å². The van der Waals surface area contributed by atoms with Gasteiger partial charge in [0.15, 0.2) is 5.82 Å². The van der Waals surface area contributed by atoms with Crippen LogP contribution in [0.4, 0.5) is 0 Å². The van der Waals surface area contributed by atoms with Gasteiger partial charge in [0.1, 0.15) is 0 Å². The zero-order chi connectivity index (χ0) is 13.0. The Hall–Kier alpha value is -0.550. The van der Waals surface area contributed by atoms with Crippen molar-refractivity contribution in [1.29, 1.82) is 0 Å². The third-order valence-corrected chi connectivity index (χ3v) is 5.48. The predicted octanol–water partition coefficient (Wildman–Crippen LogP) is 3.04. The molecule has 2 heterocycles. The summed E-state index contributed by atoms with van der Waals surface area (Å²) in [5, 5.41) is 4.60. The van der Waals surface area contributed by atoms with Gasteiger partial charge in [-0.3, -0.25) is 0 Å². The molecule has 0 saturated carbocycles. The van der Waals surface area contributed by atoms with Gasteiger partial charge in [-0.15, -0.1) is 0 Å². The zero-order valence-corrected chi connectivity index (χ0v) is 12.1. The van der Waals surface area contributed by atoms with E-state index in [4.69, 9.17) is 10.3 Å². The molecule has 1 aromatic rings. The van der Waals surface area contributed by atoms with E-state index < -0.39 is 0 Å². The van der Waals surface area contributed by atoms with Crippen LogP contribution in [-0.2, 0) is 5.41 Å². The van der Waals surface area contributed by atoms with Crippen molar-refractivity contribution in [2.45, 2.75) is 56.6 Å². The smallest absolute Gasteiger partial charge is 0.234 e. The first kappa shape index (κ1) is 13.9. The van der Waals surface area contributed by atoms with Crippen molar-refractivity contribution < 1.29 is 4.52 Å². The van der Waals surface area contributed by atoms with Gasteiger partial charge >= 0.3 is 0 Å². The van der Waals surface area contributed by atoms with Crippen molar-refractivity contribution in [1.82, 2.24) is 10.1 Å². The number of rotatable bonds is 5. The highest BCUT2D eigenvalue weighted by atomic mass is 32.2. The van der Waals surface area contributed by atoms with Crippen LogP contribution in [0.1, 0.15) is 62.9 Å². The quantitative estimate of drug-likeness (QED) is 0.890. The van der Waals surface area contributed by atoms with Crippen molar-refractivity contribution in [2.24, 2.45) is 5.73 Å². The van der Waals surface area contributed by atoms with Gasteiger partial charge in [0.2, 0.25) is 5.89 Å². The van der Waals surface area contributed by atoms with Crippen LogP contribution in [0.15, 0.2) is 4.52 Å². The van der Waals surface area contributed by atoms with Gasteiger partial charge in [0.05, 0.1) is 10.7 Å². The molecule has 5 heteroatoms. The first-order valence-electron chi connectivity index (χ1n) is 6.91. The fourth-order valence-electron chi connectivity index (χ4n) is 2.45. The second kappa shape index (κ2) is 6.06. The summed E-state index contributed by atoms with van der Waals surface area (Å²) in [5.41, 5.74) is 5.78. The Labute approximate surface area is 113 Å². The molecule has 0 aromatic carbocycles. The van der Waals surface area contributed by atoms with Gasteiger partial charge in [0, 0.05) is 6.54 Å². The molecule has 1 unspecified atom stereocenters. The van der Waals surface area contributed by atoms with Crippen molar-refractivity contribution >= 4 is 11.8 Å². The maximum Gasteiger partial charge on any atom is 0.234 e. The number of aromatic nitrogens is 2. The topological polar surface area (TPSA) is 64.9 Å². The molecule has 1 saturated heterocycles. The summed E-state index contributed by atoms with van der Waals surface area (Å²) in [6.07, 6.45) is 5.63. The lowest BCUT2D eigenvalue weighted by atomic mass is 9.82. The molecule has 0 spiro atoms. The predicted molar refractivity (Wildman–Crippen MR) is 74.7 cm³/mol. The Morgan fingerprint density at radius 2 is 2.17 bits per heavy atom. The molecule has 1 aliphatic rings. The average molecular weight is 269 g/mol. The molecule has 1 aromatic heterocycles. The highest BCUT2D eigenvalue weighted by Gasteiger charge is 2.34. The van der Waals surface area contributed by atoms with E-state index in [0.29, 0.717) is 11.8 Å². The van der Waals surface area contributed by atoms with Crippen LogP contribution in [-0.4, -0.2) is 22.4 Å². The third kappa shape index (κ3) is 2.57. The van der Waals surface area contributed by atoms with Gasteiger partial charge < -0.3 is 10.3 Å². The van der Waals surface area contributed by atoms with Crippen LogP contribution in [0, 0.1) is 0 Å². The highest BCUT2D eigenvalue weighted by molar-refractivity contribution is 7.99. The molecule has 0 bridgehead atoms. The summed E-state index contributed by atoms with van der Waals surface area (Å²) >= 11 is 1.95. The molecule has 2 N–H and O–H groups in total. The Balaban J connectivity index is 2.18. The zero-order valence-electron chi connectivity index (χ0n) is 11.3. The Bertz CT molecular complexity index is 362. The van der Waals surface area contributed by atoms with Gasteiger partial charge in [-0.05, 0) is 31.4 Å². The summed E-state index contributed by atoms with van der Waals surface area (Å²) in [6, 6.07) is 0. The Kier molecular flexibility index (Phi) is 4.67. The van der Waals surface area contributed by atoms with Crippen molar-refractivity contribution in [2.75, 3.05) is 12.3 Å². The van der Waals surface area contributed by atoms with Crippen LogP contribution in [0.2, 0.25) is 0 Å². The molecule has 0 amide bonds.